The zero-order valence-electron chi connectivity index (χ0n) is 9.47. The highest BCUT2D eigenvalue weighted by atomic mass is 32.1. The third-order valence-corrected chi connectivity index (χ3v) is 3.10. The number of anilines is 1. The highest BCUT2D eigenvalue weighted by Crippen LogP contribution is 2.19. The molecule has 1 aromatic heterocycles. The van der Waals surface area contributed by atoms with E-state index in [1.807, 2.05) is 5.38 Å². The first-order chi connectivity index (χ1) is 8.65. The van der Waals surface area contributed by atoms with E-state index in [1.54, 1.807) is 17.5 Å². The summed E-state index contributed by atoms with van der Waals surface area (Å²) in [6.45, 7) is 0. The van der Waals surface area contributed by atoms with Crippen LogP contribution in [0.4, 0.5) is 10.1 Å². The molecule has 1 heterocycles. The second-order valence-electron chi connectivity index (χ2n) is 3.84. The molecule has 0 radical (unpaired) electrons. The number of hydrogen-bond donors (Lipinski definition) is 2. The van der Waals surface area contributed by atoms with Crippen molar-refractivity contribution in [1.29, 1.82) is 0 Å². The summed E-state index contributed by atoms with van der Waals surface area (Å²) in [4.78, 5) is 11.6. The number of rotatable bonds is 4. The molecule has 3 nitrogen and oxygen atoms in total. The Labute approximate surface area is 108 Å². The molecule has 0 saturated heterocycles. The third kappa shape index (κ3) is 3.38. The Morgan fingerprint density at radius 1 is 1.44 bits per heavy atom. The molecule has 0 aliphatic rings. The van der Waals surface area contributed by atoms with Gasteiger partial charge < -0.3 is 10.4 Å². The Balaban J connectivity index is 1.95. The Morgan fingerprint density at radius 2 is 2.28 bits per heavy atom. The second kappa shape index (κ2) is 5.75. The van der Waals surface area contributed by atoms with Crippen LogP contribution in [-0.2, 0) is 4.79 Å². The van der Waals surface area contributed by atoms with Crippen LogP contribution >= 0.6 is 11.3 Å². The Hall–Kier alpha value is -1.72. The topological polar surface area (TPSA) is 49.3 Å². The molecule has 1 atom stereocenters. The van der Waals surface area contributed by atoms with Gasteiger partial charge in [0, 0.05) is 5.38 Å². The predicted octanol–water partition coefficient (Wildman–Crippen LogP) is 2.95. The van der Waals surface area contributed by atoms with Crippen LogP contribution in [0.1, 0.15) is 18.1 Å². The molecule has 1 unspecified atom stereocenters. The predicted molar refractivity (Wildman–Crippen MR) is 68.9 cm³/mol. The van der Waals surface area contributed by atoms with Gasteiger partial charge in [-0.2, -0.15) is 11.3 Å². The molecular formula is C13H12FNO2S. The molecule has 94 valence electrons. The molecule has 0 fully saturated rings. The number of aliphatic hydroxyl groups excluding tert-OH is 1. The van der Waals surface area contributed by atoms with E-state index in [0.29, 0.717) is 11.3 Å². The van der Waals surface area contributed by atoms with E-state index in [0.717, 1.165) is 0 Å². The Bertz CT molecular complexity index is 528. The van der Waals surface area contributed by atoms with E-state index in [-0.39, 0.29) is 12.3 Å². The standard InChI is InChI=1S/C13H12FNO2S/c14-10-3-1-2-9(6-10)12(16)7-13(17)15-11-4-5-18-8-11/h1-6,8,12,16H,7H2,(H,15,17). The van der Waals surface area contributed by atoms with Gasteiger partial charge in [0.2, 0.25) is 5.91 Å². The fourth-order valence-electron chi connectivity index (χ4n) is 1.55. The van der Waals surface area contributed by atoms with Gasteiger partial charge in [0.05, 0.1) is 18.2 Å². The van der Waals surface area contributed by atoms with Crippen molar-refractivity contribution in [2.45, 2.75) is 12.5 Å². The van der Waals surface area contributed by atoms with Gasteiger partial charge in [-0.1, -0.05) is 12.1 Å². The zero-order chi connectivity index (χ0) is 13.0. The summed E-state index contributed by atoms with van der Waals surface area (Å²) in [6, 6.07) is 7.39. The average Bonchev–Trinajstić information content (AvgIpc) is 2.81. The van der Waals surface area contributed by atoms with Crippen molar-refractivity contribution in [2.75, 3.05) is 5.32 Å². The van der Waals surface area contributed by atoms with Gasteiger partial charge in [-0.25, -0.2) is 4.39 Å². The van der Waals surface area contributed by atoms with Crippen LogP contribution in [-0.4, -0.2) is 11.0 Å². The van der Waals surface area contributed by atoms with Gasteiger partial charge in [0.1, 0.15) is 5.82 Å². The lowest BCUT2D eigenvalue weighted by molar-refractivity contribution is -0.118. The van der Waals surface area contributed by atoms with Crippen LogP contribution in [0.25, 0.3) is 0 Å². The number of amides is 1. The first-order valence-corrected chi connectivity index (χ1v) is 6.35. The number of nitrogens with one attached hydrogen (secondary N) is 1. The summed E-state index contributed by atoms with van der Waals surface area (Å²) >= 11 is 1.47. The molecule has 1 aromatic carbocycles. The fraction of sp³-hybridized carbons (Fsp3) is 0.154. The number of halogens is 1. The van der Waals surface area contributed by atoms with Crippen molar-refractivity contribution < 1.29 is 14.3 Å². The first kappa shape index (κ1) is 12.7. The van der Waals surface area contributed by atoms with Gasteiger partial charge in [0.25, 0.3) is 0 Å². The summed E-state index contributed by atoms with van der Waals surface area (Å²) in [5.41, 5.74) is 1.10. The summed E-state index contributed by atoms with van der Waals surface area (Å²) < 4.78 is 13.0. The summed E-state index contributed by atoms with van der Waals surface area (Å²) in [6.07, 6.45) is -1.10. The number of aliphatic hydroxyl groups is 1. The van der Waals surface area contributed by atoms with Crippen LogP contribution in [0.15, 0.2) is 41.1 Å². The third-order valence-electron chi connectivity index (χ3n) is 2.42. The SMILES string of the molecule is O=C(CC(O)c1cccc(F)c1)Nc1ccsc1. The van der Waals surface area contributed by atoms with Crippen LogP contribution in [0, 0.1) is 5.82 Å². The highest BCUT2D eigenvalue weighted by molar-refractivity contribution is 7.08. The monoisotopic (exact) mass is 265 g/mol. The van der Waals surface area contributed by atoms with Gasteiger partial charge in [-0.05, 0) is 29.1 Å². The Morgan fingerprint density at radius 3 is 2.94 bits per heavy atom. The minimum absolute atomic E-state index is 0.0979. The second-order valence-corrected chi connectivity index (χ2v) is 4.62. The van der Waals surface area contributed by atoms with E-state index >= 15 is 0 Å². The number of benzene rings is 1. The van der Waals surface area contributed by atoms with E-state index in [2.05, 4.69) is 5.32 Å². The lowest BCUT2D eigenvalue weighted by Gasteiger charge is -2.10. The molecule has 5 heteroatoms. The molecule has 0 aliphatic carbocycles. The lowest BCUT2D eigenvalue weighted by Crippen LogP contribution is -2.15. The van der Waals surface area contributed by atoms with Gasteiger partial charge in [-0.3, -0.25) is 4.79 Å². The largest absolute Gasteiger partial charge is 0.388 e. The maximum atomic E-state index is 13.0. The number of hydrogen-bond acceptors (Lipinski definition) is 3. The molecule has 0 aliphatic heterocycles. The van der Waals surface area contributed by atoms with Crippen LogP contribution in [0.3, 0.4) is 0 Å². The van der Waals surface area contributed by atoms with Crippen molar-refractivity contribution in [1.82, 2.24) is 0 Å². The van der Waals surface area contributed by atoms with Crippen LogP contribution in [0.2, 0.25) is 0 Å². The lowest BCUT2D eigenvalue weighted by atomic mass is 10.1. The molecule has 2 N–H and O–H groups in total. The minimum atomic E-state index is -1.00. The van der Waals surface area contributed by atoms with Crippen molar-refractivity contribution in [3.63, 3.8) is 0 Å². The quantitative estimate of drug-likeness (QED) is 0.893. The number of carbonyl (C=O) groups is 1. The molecule has 0 bridgehead atoms. The van der Waals surface area contributed by atoms with Gasteiger partial charge in [0.15, 0.2) is 0 Å². The van der Waals surface area contributed by atoms with E-state index in [4.69, 9.17) is 0 Å². The highest BCUT2D eigenvalue weighted by Gasteiger charge is 2.13. The van der Waals surface area contributed by atoms with Crippen molar-refractivity contribution in [2.24, 2.45) is 0 Å². The molecular weight excluding hydrogens is 253 g/mol. The van der Waals surface area contributed by atoms with E-state index in [9.17, 15) is 14.3 Å². The Kier molecular flexibility index (Phi) is 4.07. The maximum Gasteiger partial charge on any atom is 0.227 e. The van der Waals surface area contributed by atoms with Gasteiger partial charge >= 0.3 is 0 Å². The minimum Gasteiger partial charge on any atom is -0.388 e. The summed E-state index contributed by atoms with van der Waals surface area (Å²) in [5.74, 6) is -0.727. The molecule has 0 saturated carbocycles. The molecule has 2 aromatic rings. The van der Waals surface area contributed by atoms with Crippen LogP contribution in [0.5, 0.6) is 0 Å². The van der Waals surface area contributed by atoms with E-state index < -0.39 is 11.9 Å². The molecule has 1 amide bonds. The van der Waals surface area contributed by atoms with Crippen LogP contribution < -0.4 is 5.32 Å². The average molecular weight is 265 g/mol. The maximum absolute atomic E-state index is 13.0. The smallest absolute Gasteiger partial charge is 0.227 e. The van der Waals surface area contributed by atoms with Crippen molar-refractivity contribution in [3.8, 4) is 0 Å². The first-order valence-electron chi connectivity index (χ1n) is 5.41. The molecule has 2 rings (SSSR count). The van der Waals surface area contributed by atoms with Crippen molar-refractivity contribution in [3.05, 3.63) is 52.5 Å². The number of carbonyl (C=O) groups excluding carboxylic acids is 1. The molecule has 0 spiro atoms. The molecule has 18 heavy (non-hydrogen) atoms. The van der Waals surface area contributed by atoms with Crippen molar-refractivity contribution >= 4 is 22.9 Å². The van der Waals surface area contributed by atoms with Gasteiger partial charge in [-0.15, -0.1) is 0 Å². The zero-order valence-corrected chi connectivity index (χ0v) is 10.3. The summed E-state index contributed by atoms with van der Waals surface area (Å²) in [7, 11) is 0. The van der Waals surface area contributed by atoms with E-state index in [1.165, 1.54) is 29.5 Å². The summed E-state index contributed by atoms with van der Waals surface area (Å²) in [5, 5.41) is 16.1. The normalized spacial score (nSPS) is 12.1. The fourth-order valence-corrected chi connectivity index (χ4v) is 2.14. The number of thiophene rings is 1.